The summed E-state index contributed by atoms with van der Waals surface area (Å²) < 4.78 is 5.50. The predicted octanol–water partition coefficient (Wildman–Crippen LogP) is 4.12. The Bertz CT molecular complexity index is 668. The Labute approximate surface area is 180 Å². The van der Waals surface area contributed by atoms with Crippen molar-refractivity contribution in [1.29, 1.82) is 0 Å². The third-order valence-corrected chi connectivity index (χ3v) is 5.78. The minimum Gasteiger partial charge on any atom is -0.464 e. The number of hydrogen-bond donors (Lipinski definition) is 1. The summed E-state index contributed by atoms with van der Waals surface area (Å²) in [6, 6.07) is 4.42. The van der Waals surface area contributed by atoms with Gasteiger partial charge in [0.25, 0.3) is 0 Å². The van der Waals surface area contributed by atoms with Crippen molar-refractivity contribution >= 4 is 54.0 Å². The zero-order chi connectivity index (χ0) is 16.4. The summed E-state index contributed by atoms with van der Waals surface area (Å²) in [7, 11) is 0. The van der Waals surface area contributed by atoms with E-state index >= 15 is 0 Å². The van der Waals surface area contributed by atoms with Gasteiger partial charge in [-0.3, -0.25) is 4.90 Å². The molecule has 0 amide bonds. The summed E-state index contributed by atoms with van der Waals surface area (Å²) in [6.45, 7) is 5.58. The van der Waals surface area contributed by atoms with E-state index in [1.54, 1.807) is 6.26 Å². The van der Waals surface area contributed by atoms with E-state index in [0.717, 1.165) is 48.9 Å². The Kier molecular flexibility index (Phi) is 10.2. The molecule has 0 aromatic carbocycles. The lowest BCUT2D eigenvalue weighted by Crippen LogP contribution is -2.47. The van der Waals surface area contributed by atoms with E-state index in [-0.39, 0.29) is 37.2 Å². The molecule has 2 aromatic heterocycles. The zero-order valence-electron chi connectivity index (χ0n) is 15.6. The second kappa shape index (κ2) is 11.3. The van der Waals surface area contributed by atoms with Crippen LogP contribution >= 0.6 is 37.2 Å². The van der Waals surface area contributed by atoms with Gasteiger partial charge < -0.3 is 15.1 Å². The first kappa shape index (κ1) is 24.3. The number of halogens is 3. The van der Waals surface area contributed by atoms with Crippen LogP contribution in [0.3, 0.4) is 0 Å². The summed E-state index contributed by atoms with van der Waals surface area (Å²) in [5.74, 6) is 1.96. The minimum absolute atomic E-state index is 0. The molecule has 2 aliphatic rings. The van der Waals surface area contributed by atoms with Gasteiger partial charge in [-0.25, -0.2) is 4.98 Å². The molecule has 1 saturated carbocycles. The van der Waals surface area contributed by atoms with Crippen LogP contribution in [0.25, 0.3) is 11.0 Å². The predicted molar refractivity (Wildman–Crippen MR) is 119 cm³/mol. The molecular weight excluding hydrogens is 407 g/mol. The Hall–Kier alpha value is -0.720. The van der Waals surface area contributed by atoms with Gasteiger partial charge in [0.2, 0.25) is 0 Å². The van der Waals surface area contributed by atoms with Crippen molar-refractivity contribution in [1.82, 2.24) is 9.88 Å². The lowest BCUT2D eigenvalue weighted by molar-refractivity contribution is 0.216. The van der Waals surface area contributed by atoms with Gasteiger partial charge in [0, 0.05) is 38.4 Å². The quantitative estimate of drug-likeness (QED) is 0.779. The molecule has 0 unspecified atom stereocenters. The van der Waals surface area contributed by atoms with Crippen LogP contribution in [0.4, 0.5) is 5.82 Å². The number of fused-ring (bicyclic) bond motifs is 1. The number of pyridine rings is 1. The highest BCUT2D eigenvalue weighted by Gasteiger charge is 2.22. The van der Waals surface area contributed by atoms with Gasteiger partial charge in [-0.05, 0) is 56.7 Å². The van der Waals surface area contributed by atoms with Crippen LogP contribution in [0.15, 0.2) is 29.0 Å². The molecule has 1 aliphatic heterocycles. The molecule has 0 atom stereocenters. The van der Waals surface area contributed by atoms with E-state index in [1.165, 1.54) is 38.6 Å². The second-order valence-electron chi connectivity index (χ2n) is 7.37. The molecule has 0 bridgehead atoms. The highest BCUT2D eigenvalue weighted by molar-refractivity contribution is 5.88. The average molecular weight is 438 g/mol. The fraction of sp³-hybridized carbons (Fsp3) is 0.632. The van der Waals surface area contributed by atoms with E-state index in [2.05, 4.69) is 14.8 Å². The number of hydrogen-bond acceptors (Lipinski definition) is 5. The van der Waals surface area contributed by atoms with Crippen LogP contribution in [-0.2, 0) is 0 Å². The van der Waals surface area contributed by atoms with Gasteiger partial charge in [0.05, 0.1) is 11.6 Å². The monoisotopic (exact) mass is 436 g/mol. The maximum absolute atomic E-state index is 6.01. The Morgan fingerprint density at radius 1 is 1.00 bits per heavy atom. The summed E-state index contributed by atoms with van der Waals surface area (Å²) >= 11 is 0. The molecule has 3 heterocycles. The third-order valence-electron chi connectivity index (χ3n) is 5.78. The molecule has 0 spiro atoms. The largest absolute Gasteiger partial charge is 0.464 e. The molecule has 154 valence electrons. The SMILES string of the molecule is Cl.Cl.Cl.NC1CCC(CCN2CCN(c3nccc4occc34)CC2)CC1. The van der Waals surface area contributed by atoms with Crippen molar-refractivity contribution in [2.24, 2.45) is 11.7 Å². The number of piperazine rings is 1. The van der Waals surface area contributed by atoms with Gasteiger partial charge in [0.15, 0.2) is 0 Å². The van der Waals surface area contributed by atoms with Crippen molar-refractivity contribution in [3.05, 3.63) is 24.6 Å². The highest BCUT2D eigenvalue weighted by Crippen LogP contribution is 2.28. The van der Waals surface area contributed by atoms with Crippen LogP contribution in [0.5, 0.6) is 0 Å². The standard InChI is InChI=1S/C19H28N4O.3ClH/c20-16-3-1-15(2-4-16)6-9-22-10-12-23(13-11-22)19-17-7-14-24-18(17)5-8-21-19;;;/h5,7-8,14-16H,1-4,6,9-13,20H2;3*1H. The Morgan fingerprint density at radius 3 is 2.41 bits per heavy atom. The van der Waals surface area contributed by atoms with Crippen LogP contribution in [0.2, 0.25) is 0 Å². The Morgan fingerprint density at radius 2 is 1.70 bits per heavy atom. The summed E-state index contributed by atoms with van der Waals surface area (Å²) in [5.41, 5.74) is 6.94. The number of rotatable bonds is 4. The van der Waals surface area contributed by atoms with Crippen molar-refractivity contribution in [2.45, 2.75) is 38.1 Å². The number of furan rings is 1. The average Bonchev–Trinajstić information content (AvgIpc) is 3.10. The van der Waals surface area contributed by atoms with Gasteiger partial charge in [-0.15, -0.1) is 37.2 Å². The lowest BCUT2D eigenvalue weighted by atomic mass is 9.84. The van der Waals surface area contributed by atoms with E-state index in [0.29, 0.717) is 6.04 Å². The molecule has 8 heteroatoms. The fourth-order valence-corrected chi connectivity index (χ4v) is 4.16. The van der Waals surface area contributed by atoms with Crippen LogP contribution in [0, 0.1) is 5.92 Å². The molecule has 2 N–H and O–H groups in total. The first-order valence-corrected chi connectivity index (χ1v) is 9.34. The summed E-state index contributed by atoms with van der Waals surface area (Å²) in [4.78, 5) is 9.60. The minimum atomic E-state index is 0. The van der Waals surface area contributed by atoms with Crippen LogP contribution in [0.1, 0.15) is 32.1 Å². The first-order chi connectivity index (χ1) is 11.8. The zero-order valence-corrected chi connectivity index (χ0v) is 18.0. The topological polar surface area (TPSA) is 58.5 Å². The molecule has 2 fully saturated rings. The fourth-order valence-electron chi connectivity index (χ4n) is 4.16. The van der Waals surface area contributed by atoms with E-state index in [9.17, 15) is 0 Å². The van der Waals surface area contributed by atoms with Crippen molar-refractivity contribution in [2.75, 3.05) is 37.6 Å². The summed E-state index contributed by atoms with van der Waals surface area (Å²) in [5, 5.41) is 1.13. The highest BCUT2D eigenvalue weighted by atomic mass is 35.5. The summed E-state index contributed by atoms with van der Waals surface area (Å²) in [6.07, 6.45) is 10.0. The van der Waals surface area contributed by atoms with Gasteiger partial charge in [-0.2, -0.15) is 0 Å². The third kappa shape index (κ3) is 5.88. The number of nitrogens with two attached hydrogens (primary N) is 1. The number of anilines is 1. The lowest BCUT2D eigenvalue weighted by Gasteiger charge is -2.36. The normalized spacial score (nSPS) is 23.2. The van der Waals surface area contributed by atoms with E-state index in [1.807, 2.05) is 18.3 Å². The molecule has 1 aliphatic carbocycles. The van der Waals surface area contributed by atoms with Crippen LogP contribution < -0.4 is 10.6 Å². The van der Waals surface area contributed by atoms with Crippen molar-refractivity contribution in [3.8, 4) is 0 Å². The van der Waals surface area contributed by atoms with Crippen molar-refractivity contribution < 1.29 is 4.42 Å². The van der Waals surface area contributed by atoms with Crippen LogP contribution in [-0.4, -0.2) is 48.6 Å². The second-order valence-corrected chi connectivity index (χ2v) is 7.37. The molecule has 4 rings (SSSR count). The maximum Gasteiger partial charge on any atom is 0.139 e. The molecule has 2 aromatic rings. The molecule has 0 radical (unpaired) electrons. The molecule has 1 saturated heterocycles. The first-order valence-electron chi connectivity index (χ1n) is 9.34. The number of aromatic nitrogens is 1. The maximum atomic E-state index is 6.01. The van der Waals surface area contributed by atoms with Crippen molar-refractivity contribution in [3.63, 3.8) is 0 Å². The molecule has 27 heavy (non-hydrogen) atoms. The smallest absolute Gasteiger partial charge is 0.139 e. The van der Waals surface area contributed by atoms with E-state index < -0.39 is 0 Å². The molecular formula is C19H31Cl3N4O. The Balaban J connectivity index is 0.00000121. The van der Waals surface area contributed by atoms with Gasteiger partial charge in [0.1, 0.15) is 11.4 Å². The van der Waals surface area contributed by atoms with Gasteiger partial charge in [-0.1, -0.05) is 0 Å². The van der Waals surface area contributed by atoms with Gasteiger partial charge >= 0.3 is 0 Å². The van der Waals surface area contributed by atoms with E-state index in [4.69, 9.17) is 10.2 Å². The number of nitrogens with zero attached hydrogens (tertiary/aromatic N) is 3. The molecule has 5 nitrogen and oxygen atoms in total.